The number of nitrogens with one attached hydrogen (secondary N) is 1. The summed E-state index contributed by atoms with van der Waals surface area (Å²) in [6.45, 7) is 1.91. The third-order valence-electron chi connectivity index (χ3n) is 4.43. The van der Waals surface area contributed by atoms with E-state index in [1.165, 1.54) is 0 Å². The van der Waals surface area contributed by atoms with Crippen molar-refractivity contribution in [2.45, 2.75) is 0 Å². The highest BCUT2D eigenvalue weighted by atomic mass is 16.5. The van der Waals surface area contributed by atoms with Crippen LogP contribution in [0.15, 0.2) is 79.1 Å². The number of aromatic nitrogens is 1. The van der Waals surface area contributed by atoms with Crippen molar-refractivity contribution < 1.29 is 14.3 Å². The molecular weight excluding hydrogens is 354 g/mol. The smallest absolute Gasteiger partial charge is 0.321 e. The maximum Gasteiger partial charge on any atom is 0.321 e. The Kier molecular flexibility index (Phi) is 5.38. The highest BCUT2D eigenvalue weighted by Crippen LogP contribution is 2.26. The van der Waals surface area contributed by atoms with Crippen molar-refractivity contribution in [3.63, 3.8) is 0 Å². The molecule has 2 aromatic carbocycles. The molecule has 1 N–H and O–H groups in total. The molecule has 0 bridgehead atoms. The molecule has 3 aromatic rings. The number of ether oxygens (including phenoxy) is 2. The van der Waals surface area contributed by atoms with E-state index in [-0.39, 0.29) is 6.03 Å². The van der Waals surface area contributed by atoms with Gasteiger partial charge in [0.15, 0.2) is 0 Å². The van der Waals surface area contributed by atoms with Crippen LogP contribution in [0, 0.1) is 5.92 Å². The monoisotopic (exact) mass is 375 g/mol. The number of amides is 2. The van der Waals surface area contributed by atoms with Crippen LogP contribution in [-0.2, 0) is 0 Å². The van der Waals surface area contributed by atoms with Crippen molar-refractivity contribution in [2.24, 2.45) is 5.92 Å². The van der Waals surface area contributed by atoms with Gasteiger partial charge >= 0.3 is 6.03 Å². The fourth-order valence-corrected chi connectivity index (χ4v) is 2.95. The van der Waals surface area contributed by atoms with E-state index in [0.717, 1.165) is 17.2 Å². The van der Waals surface area contributed by atoms with E-state index in [1.54, 1.807) is 23.4 Å². The number of nitrogens with zero attached hydrogens (tertiary/aromatic N) is 2. The summed E-state index contributed by atoms with van der Waals surface area (Å²) in [4.78, 5) is 17.9. The Labute approximate surface area is 163 Å². The van der Waals surface area contributed by atoms with E-state index in [2.05, 4.69) is 10.3 Å². The molecule has 0 atom stereocenters. The minimum atomic E-state index is -0.109. The first-order chi connectivity index (χ1) is 13.8. The lowest BCUT2D eigenvalue weighted by atomic mass is 10.0. The molecule has 0 radical (unpaired) electrons. The highest BCUT2D eigenvalue weighted by molar-refractivity contribution is 5.89. The van der Waals surface area contributed by atoms with Gasteiger partial charge in [0.25, 0.3) is 0 Å². The molecule has 1 saturated heterocycles. The lowest BCUT2D eigenvalue weighted by Gasteiger charge is -2.38. The molecule has 4 rings (SSSR count). The molecule has 0 spiro atoms. The van der Waals surface area contributed by atoms with Crippen LogP contribution in [0.5, 0.6) is 17.2 Å². The van der Waals surface area contributed by atoms with Gasteiger partial charge in [-0.2, -0.15) is 0 Å². The Hall–Kier alpha value is -3.54. The molecule has 6 heteroatoms. The van der Waals surface area contributed by atoms with E-state index in [9.17, 15) is 4.79 Å². The van der Waals surface area contributed by atoms with Gasteiger partial charge in [-0.25, -0.2) is 4.79 Å². The highest BCUT2D eigenvalue weighted by Gasteiger charge is 2.31. The van der Waals surface area contributed by atoms with Crippen LogP contribution in [0.4, 0.5) is 10.5 Å². The molecule has 1 aliphatic heterocycles. The van der Waals surface area contributed by atoms with Crippen molar-refractivity contribution >= 4 is 11.7 Å². The van der Waals surface area contributed by atoms with Gasteiger partial charge in [0, 0.05) is 31.3 Å². The van der Waals surface area contributed by atoms with Gasteiger partial charge in [0.1, 0.15) is 17.2 Å². The summed E-state index contributed by atoms with van der Waals surface area (Å²) in [6, 6.07) is 20.7. The number of benzene rings is 2. The molecular formula is C22H21N3O3. The minimum Gasteiger partial charge on any atom is -0.493 e. The zero-order valence-electron chi connectivity index (χ0n) is 15.3. The number of urea groups is 1. The molecule has 28 heavy (non-hydrogen) atoms. The maximum atomic E-state index is 12.2. The topological polar surface area (TPSA) is 63.7 Å². The second-order valence-electron chi connectivity index (χ2n) is 6.64. The lowest BCUT2D eigenvalue weighted by Crippen LogP contribution is -2.53. The van der Waals surface area contributed by atoms with Gasteiger partial charge in [0.05, 0.1) is 18.5 Å². The second kappa shape index (κ2) is 8.43. The third kappa shape index (κ3) is 4.59. The van der Waals surface area contributed by atoms with Crippen LogP contribution in [0.2, 0.25) is 0 Å². The molecule has 2 amide bonds. The molecule has 1 aliphatic rings. The van der Waals surface area contributed by atoms with E-state index in [1.807, 2.05) is 60.7 Å². The van der Waals surface area contributed by atoms with Gasteiger partial charge in [-0.1, -0.05) is 24.3 Å². The SMILES string of the molecule is O=C(Nc1cccnc1)N1CC(COc2cccc(Oc3ccccc3)c2)C1. The van der Waals surface area contributed by atoms with E-state index in [4.69, 9.17) is 9.47 Å². The summed E-state index contributed by atoms with van der Waals surface area (Å²) < 4.78 is 11.7. The molecule has 1 fully saturated rings. The van der Waals surface area contributed by atoms with E-state index < -0.39 is 0 Å². The Bertz CT molecular complexity index is 913. The molecule has 0 saturated carbocycles. The Morgan fingerprint density at radius 2 is 1.79 bits per heavy atom. The summed E-state index contributed by atoms with van der Waals surface area (Å²) in [7, 11) is 0. The molecule has 6 nitrogen and oxygen atoms in total. The molecule has 1 aromatic heterocycles. The summed E-state index contributed by atoms with van der Waals surface area (Å²) in [5, 5.41) is 2.84. The van der Waals surface area contributed by atoms with Gasteiger partial charge in [-0.3, -0.25) is 4.98 Å². The zero-order chi connectivity index (χ0) is 19.2. The number of likely N-dealkylation sites (tertiary alicyclic amines) is 1. The Balaban J connectivity index is 1.23. The summed E-state index contributed by atoms with van der Waals surface area (Å²) in [5.74, 6) is 2.59. The minimum absolute atomic E-state index is 0.109. The third-order valence-corrected chi connectivity index (χ3v) is 4.43. The van der Waals surface area contributed by atoms with Crippen molar-refractivity contribution in [3.05, 3.63) is 79.1 Å². The molecule has 2 heterocycles. The predicted octanol–water partition coefficient (Wildman–Crippen LogP) is 4.42. The number of anilines is 1. The summed E-state index contributed by atoms with van der Waals surface area (Å²) in [6.07, 6.45) is 3.30. The van der Waals surface area contributed by atoms with Crippen molar-refractivity contribution in [3.8, 4) is 17.2 Å². The van der Waals surface area contributed by atoms with Crippen LogP contribution in [-0.4, -0.2) is 35.6 Å². The quantitative estimate of drug-likeness (QED) is 0.693. The van der Waals surface area contributed by atoms with E-state index in [0.29, 0.717) is 31.3 Å². The van der Waals surface area contributed by atoms with Crippen LogP contribution >= 0.6 is 0 Å². The second-order valence-corrected chi connectivity index (χ2v) is 6.64. The standard InChI is InChI=1S/C22H21N3O3/c26-22(24-18-6-5-11-23-13-18)25-14-17(15-25)16-27-20-9-4-10-21(12-20)28-19-7-2-1-3-8-19/h1-13,17H,14-16H2,(H,24,26). The van der Waals surface area contributed by atoms with Crippen molar-refractivity contribution in [2.75, 3.05) is 25.0 Å². The molecule has 0 aliphatic carbocycles. The fraction of sp³-hybridized carbons (Fsp3) is 0.182. The van der Waals surface area contributed by atoms with Crippen molar-refractivity contribution in [1.29, 1.82) is 0 Å². The van der Waals surface area contributed by atoms with Crippen LogP contribution in [0.25, 0.3) is 0 Å². The van der Waals surface area contributed by atoms with Gasteiger partial charge in [0.2, 0.25) is 0 Å². The molecule has 0 unspecified atom stereocenters. The number of hydrogen-bond donors (Lipinski definition) is 1. The van der Waals surface area contributed by atoms with Crippen LogP contribution < -0.4 is 14.8 Å². The predicted molar refractivity (Wildman–Crippen MR) is 107 cm³/mol. The van der Waals surface area contributed by atoms with Gasteiger partial charge in [-0.05, 0) is 36.4 Å². The first-order valence-corrected chi connectivity index (χ1v) is 9.18. The normalized spacial score (nSPS) is 13.5. The van der Waals surface area contributed by atoms with Crippen molar-refractivity contribution in [1.82, 2.24) is 9.88 Å². The fourth-order valence-electron chi connectivity index (χ4n) is 2.95. The Morgan fingerprint density at radius 1 is 1.00 bits per heavy atom. The lowest BCUT2D eigenvalue weighted by molar-refractivity contribution is 0.0924. The first kappa shape index (κ1) is 17.9. The number of rotatable bonds is 6. The van der Waals surface area contributed by atoms with Gasteiger partial charge < -0.3 is 19.7 Å². The number of carbonyl (C=O) groups is 1. The number of para-hydroxylation sites is 1. The Morgan fingerprint density at radius 3 is 2.57 bits per heavy atom. The van der Waals surface area contributed by atoms with Gasteiger partial charge in [-0.15, -0.1) is 0 Å². The van der Waals surface area contributed by atoms with Crippen LogP contribution in [0.1, 0.15) is 0 Å². The average molecular weight is 375 g/mol. The zero-order valence-corrected chi connectivity index (χ0v) is 15.3. The summed E-state index contributed by atoms with van der Waals surface area (Å²) >= 11 is 0. The van der Waals surface area contributed by atoms with E-state index >= 15 is 0 Å². The summed E-state index contributed by atoms with van der Waals surface area (Å²) in [5.41, 5.74) is 0.697. The largest absolute Gasteiger partial charge is 0.493 e. The average Bonchev–Trinajstić information content (AvgIpc) is 2.69. The first-order valence-electron chi connectivity index (χ1n) is 9.18. The molecule has 142 valence electrons. The van der Waals surface area contributed by atoms with Crippen LogP contribution in [0.3, 0.4) is 0 Å². The number of carbonyl (C=O) groups excluding carboxylic acids is 1. The number of hydrogen-bond acceptors (Lipinski definition) is 4. The number of pyridine rings is 1. The maximum absolute atomic E-state index is 12.2.